The average molecular weight is 523 g/mol. The Balaban J connectivity index is 1.78. The molecule has 0 heterocycles. The second-order valence-electron chi connectivity index (χ2n) is 7.76. The van der Waals surface area contributed by atoms with Crippen LogP contribution in [0.3, 0.4) is 0 Å². The molecule has 0 saturated heterocycles. The van der Waals surface area contributed by atoms with E-state index in [4.69, 9.17) is 37.8 Å². The Labute approximate surface area is 208 Å². The molecular weight excluding hydrogens is 499 g/mol. The van der Waals surface area contributed by atoms with Gasteiger partial charge >= 0.3 is 0 Å². The van der Waals surface area contributed by atoms with Gasteiger partial charge in [-0.25, -0.2) is 13.6 Å². The lowest BCUT2D eigenvalue weighted by atomic mass is 10.0. The number of benzene rings is 3. The molecule has 0 aliphatic heterocycles. The number of methoxy groups -OCH3 is 1. The molecule has 180 valence electrons. The summed E-state index contributed by atoms with van der Waals surface area (Å²) >= 11 is 12.9. The standard InChI is InChI=1S/C24H24Cl2N2O5S/c1-14(2)19-12-17(7-11-21(19)32-3)33-23-20(25)10-6-16(22(23)26)13-28-24(29)15-4-8-18(9-5-15)34(27,30)31/h4-12,14H,13H2,1-3H3,(H,28,29)(H2,27,30,31). The number of sulfonamides is 1. The van der Waals surface area contributed by atoms with E-state index in [-0.39, 0.29) is 33.7 Å². The predicted molar refractivity (Wildman–Crippen MR) is 133 cm³/mol. The second kappa shape index (κ2) is 10.7. The van der Waals surface area contributed by atoms with E-state index in [1.807, 2.05) is 26.0 Å². The SMILES string of the molecule is COc1ccc(Oc2c(Cl)ccc(CNC(=O)c3ccc(S(N)(=O)=O)cc3)c2Cl)cc1C(C)C. The first-order valence-corrected chi connectivity index (χ1v) is 12.5. The molecule has 0 bridgehead atoms. The fraction of sp³-hybridized carbons (Fsp3) is 0.208. The maximum atomic E-state index is 12.5. The minimum absolute atomic E-state index is 0.0780. The van der Waals surface area contributed by atoms with Crippen LogP contribution >= 0.6 is 23.2 Å². The third-order valence-electron chi connectivity index (χ3n) is 5.06. The number of hydrogen-bond donors (Lipinski definition) is 2. The van der Waals surface area contributed by atoms with Gasteiger partial charge < -0.3 is 14.8 Å². The average Bonchev–Trinajstić information content (AvgIpc) is 2.80. The molecule has 3 aromatic carbocycles. The van der Waals surface area contributed by atoms with E-state index in [0.29, 0.717) is 16.3 Å². The van der Waals surface area contributed by atoms with E-state index in [2.05, 4.69) is 5.32 Å². The summed E-state index contributed by atoms with van der Waals surface area (Å²) in [6, 6.07) is 14.1. The summed E-state index contributed by atoms with van der Waals surface area (Å²) < 4.78 is 34.2. The zero-order valence-electron chi connectivity index (χ0n) is 18.8. The monoisotopic (exact) mass is 522 g/mol. The van der Waals surface area contributed by atoms with Crippen LogP contribution in [-0.2, 0) is 16.6 Å². The highest BCUT2D eigenvalue weighted by atomic mass is 35.5. The van der Waals surface area contributed by atoms with Gasteiger partial charge in [0.1, 0.15) is 11.5 Å². The van der Waals surface area contributed by atoms with Gasteiger partial charge in [-0.05, 0) is 60.0 Å². The third-order valence-corrected chi connectivity index (χ3v) is 6.70. The Morgan fingerprint density at radius 2 is 1.74 bits per heavy atom. The fourth-order valence-corrected chi connectivity index (χ4v) is 4.25. The van der Waals surface area contributed by atoms with Crippen LogP contribution in [0.5, 0.6) is 17.2 Å². The number of carbonyl (C=O) groups is 1. The third kappa shape index (κ3) is 6.01. The van der Waals surface area contributed by atoms with Gasteiger partial charge in [0, 0.05) is 17.7 Å². The summed E-state index contributed by atoms with van der Waals surface area (Å²) in [5.74, 6) is 1.38. The van der Waals surface area contributed by atoms with Crippen LogP contribution in [0.15, 0.2) is 59.5 Å². The molecule has 0 saturated carbocycles. The van der Waals surface area contributed by atoms with Crippen molar-refractivity contribution in [1.82, 2.24) is 5.32 Å². The Morgan fingerprint density at radius 1 is 1.06 bits per heavy atom. The van der Waals surface area contributed by atoms with Crippen LogP contribution in [0.25, 0.3) is 0 Å². The number of primary sulfonamides is 1. The van der Waals surface area contributed by atoms with E-state index in [1.54, 1.807) is 25.3 Å². The summed E-state index contributed by atoms with van der Waals surface area (Å²) in [5.41, 5.74) is 1.84. The number of amides is 1. The summed E-state index contributed by atoms with van der Waals surface area (Å²) in [6.07, 6.45) is 0. The van der Waals surface area contributed by atoms with Crippen molar-refractivity contribution in [1.29, 1.82) is 0 Å². The van der Waals surface area contributed by atoms with Gasteiger partial charge in [-0.1, -0.05) is 43.1 Å². The van der Waals surface area contributed by atoms with Crippen LogP contribution in [0.4, 0.5) is 0 Å². The highest BCUT2D eigenvalue weighted by Crippen LogP contribution is 2.40. The normalized spacial score (nSPS) is 11.4. The van der Waals surface area contributed by atoms with Crippen LogP contribution < -0.4 is 19.9 Å². The zero-order valence-corrected chi connectivity index (χ0v) is 21.1. The highest BCUT2D eigenvalue weighted by Gasteiger charge is 2.17. The molecule has 10 heteroatoms. The van der Waals surface area contributed by atoms with Gasteiger partial charge in [0.2, 0.25) is 10.0 Å². The van der Waals surface area contributed by atoms with Gasteiger partial charge in [0.05, 0.1) is 22.1 Å². The van der Waals surface area contributed by atoms with E-state index in [9.17, 15) is 13.2 Å². The van der Waals surface area contributed by atoms with E-state index >= 15 is 0 Å². The van der Waals surface area contributed by atoms with Crippen molar-refractivity contribution in [3.05, 3.63) is 81.3 Å². The molecule has 0 spiro atoms. The van der Waals surface area contributed by atoms with Crippen molar-refractivity contribution in [2.24, 2.45) is 5.14 Å². The van der Waals surface area contributed by atoms with Gasteiger partial charge in [-0.15, -0.1) is 0 Å². The van der Waals surface area contributed by atoms with Crippen molar-refractivity contribution < 1.29 is 22.7 Å². The molecule has 3 aromatic rings. The van der Waals surface area contributed by atoms with Crippen LogP contribution in [0.2, 0.25) is 10.0 Å². The van der Waals surface area contributed by atoms with Crippen LogP contribution in [0.1, 0.15) is 41.3 Å². The first-order chi connectivity index (χ1) is 16.0. The topological polar surface area (TPSA) is 108 Å². The molecule has 3 N–H and O–H groups in total. The van der Waals surface area contributed by atoms with E-state index in [0.717, 1.165) is 11.3 Å². The zero-order chi connectivity index (χ0) is 25.0. The Bertz CT molecular complexity index is 1310. The maximum Gasteiger partial charge on any atom is 0.251 e. The molecule has 0 radical (unpaired) electrons. The van der Waals surface area contributed by atoms with Crippen LogP contribution in [0, 0.1) is 0 Å². The van der Waals surface area contributed by atoms with Gasteiger partial charge in [-0.2, -0.15) is 0 Å². The fourth-order valence-electron chi connectivity index (χ4n) is 3.22. The first kappa shape index (κ1) is 25.8. The molecule has 0 aromatic heterocycles. The number of hydrogen-bond acceptors (Lipinski definition) is 5. The molecule has 34 heavy (non-hydrogen) atoms. The molecule has 1 amide bonds. The molecule has 0 atom stereocenters. The van der Waals surface area contributed by atoms with Gasteiger partial charge in [0.25, 0.3) is 5.91 Å². The molecule has 0 unspecified atom stereocenters. The number of nitrogens with one attached hydrogen (secondary N) is 1. The Hall–Kier alpha value is -2.78. The van der Waals surface area contributed by atoms with E-state index < -0.39 is 15.9 Å². The lowest BCUT2D eigenvalue weighted by Gasteiger charge is -2.16. The maximum absolute atomic E-state index is 12.5. The summed E-state index contributed by atoms with van der Waals surface area (Å²) in [6.45, 7) is 4.20. The molecular formula is C24H24Cl2N2O5S. The van der Waals surface area contributed by atoms with Gasteiger partial charge in [-0.3, -0.25) is 4.79 Å². The number of carbonyl (C=O) groups excluding carboxylic acids is 1. The minimum atomic E-state index is -3.84. The van der Waals surface area contributed by atoms with Crippen molar-refractivity contribution in [3.63, 3.8) is 0 Å². The lowest BCUT2D eigenvalue weighted by molar-refractivity contribution is 0.0950. The van der Waals surface area contributed by atoms with E-state index in [1.165, 1.54) is 24.3 Å². The molecule has 0 aliphatic carbocycles. The number of rotatable bonds is 8. The van der Waals surface area contributed by atoms with Crippen molar-refractivity contribution in [2.75, 3.05) is 7.11 Å². The molecule has 3 rings (SSSR count). The quantitative estimate of drug-likeness (QED) is 0.406. The summed E-state index contributed by atoms with van der Waals surface area (Å²) in [4.78, 5) is 12.4. The minimum Gasteiger partial charge on any atom is -0.496 e. The Morgan fingerprint density at radius 3 is 2.32 bits per heavy atom. The number of nitrogens with two attached hydrogens (primary N) is 1. The molecule has 0 aliphatic rings. The number of halogens is 2. The largest absolute Gasteiger partial charge is 0.496 e. The van der Waals surface area contributed by atoms with Crippen molar-refractivity contribution in [2.45, 2.75) is 31.2 Å². The number of ether oxygens (including phenoxy) is 2. The summed E-state index contributed by atoms with van der Waals surface area (Å²) in [5, 5.41) is 8.41. The molecule has 7 nitrogen and oxygen atoms in total. The summed E-state index contributed by atoms with van der Waals surface area (Å²) in [7, 11) is -2.22. The van der Waals surface area contributed by atoms with Gasteiger partial charge in [0.15, 0.2) is 5.75 Å². The van der Waals surface area contributed by atoms with Crippen LogP contribution in [-0.4, -0.2) is 21.4 Å². The highest BCUT2D eigenvalue weighted by molar-refractivity contribution is 7.89. The predicted octanol–water partition coefficient (Wildman–Crippen LogP) is 5.50. The molecule has 0 fully saturated rings. The second-order valence-corrected chi connectivity index (χ2v) is 10.1. The van der Waals surface area contributed by atoms with Crippen molar-refractivity contribution >= 4 is 39.1 Å². The Kier molecular flexibility index (Phi) is 8.09. The first-order valence-electron chi connectivity index (χ1n) is 10.2. The van der Waals surface area contributed by atoms with Crippen molar-refractivity contribution in [3.8, 4) is 17.2 Å². The smallest absolute Gasteiger partial charge is 0.251 e. The lowest BCUT2D eigenvalue weighted by Crippen LogP contribution is -2.23.